The minimum absolute atomic E-state index is 0.332. The predicted octanol–water partition coefficient (Wildman–Crippen LogP) is 3.65. The van der Waals surface area contributed by atoms with E-state index >= 15 is 0 Å². The van der Waals surface area contributed by atoms with E-state index in [0.29, 0.717) is 30.4 Å². The molecule has 7 nitrogen and oxygen atoms in total. The summed E-state index contributed by atoms with van der Waals surface area (Å²) in [6.45, 7) is 11.0. The van der Waals surface area contributed by atoms with Crippen LogP contribution in [-0.4, -0.2) is 52.6 Å². The molecule has 0 spiro atoms. The Hall–Kier alpha value is -2.41. The second kappa shape index (κ2) is 9.50. The molecule has 7 heteroatoms. The summed E-state index contributed by atoms with van der Waals surface area (Å²) in [5.41, 5.74) is 2.22. The molecule has 0 atom stereocenters. The molecule has 1 aliphatic heterocycles. The summed E-state index contributed by atoms with van der Waals surface area (Å²) in [6.07, 6.45) is 2.59. The summed E-state index contributed by atoms with van der Waals surface area (Å²) in [7, 11) is 0. The second-order valence-corrected chi connectivity index (χ2v) is 7.08. The molecule has 2 heterocycles. The maximum Gasteiger partial charge on any atom is 0.323 e. The molecule has 0 aliphatic carbocycles. The van der Waals surface area contributed by atoms with Gasteiger partial charge in [-0.15, -0.1) is 0 Å². The van der Waals surface area contributed by atoms with Gasteiger partial charge in [0.15, 0.2) is 0 Å². The lowest BCUT2D eigenvalue weighted by molar-refractivity contribution is 0.312. The minimum atomic E-state index is 0.332. The Morgan fingerprint density at radius 1 is 1.11 bits per heavy atom. The summed E-state index contributed by atoms with van der Waals surface area (Å²) in [5, 5.41) is 6.58. The van der Waals surface area contributed by atoms with Crippen molar-refractivity contribution in [3.05, 3.63) is 29.8 Å². The number of rotatable bonds is 9. The number of hydrogen-bond acceptors (Lipinski definition) is 7. The van der Waals surface area contributed by atoms with Gasteiger partial charge in [0.05, 0.1) is 6.61 Å². The van der Waals surface area contributed by atoms with Crippen molar-refractivity contribution in [2.45, 2.75) is 39.5 Å². The second-order valence-electron chi connectivity index (χ2n) is 7.08. The monoisotopic (exact) mass is 370 g/mol. The first-order chi connectivity index (χ1) is 13.1. The van der Waals surface area contributed by atoms with Crippen molar-refractivity contribution in [3.8, 4) is 6.01 Å². The van der Waals surface area contributed by atoms with Crippen LogP contribution < -0.4 is 15.4 Å². The van der Waals surface area contributed by atoms with Crippen LogP contribution in [0.4, 0.5) is 17.6 Å². The van der Waals surface area contributed by atoms with Crippen molar-refractivity contribution >= 4 is 17.6 Å². The fraction of sp³-hybridized carbons (Fsp3) is 0.550. The molecule has 146 valence electrons. The van der Waals surface area contributed by atoms with Gasteiger partial charge in [-0.3, -0.25) is 0 Å². The highest BCUT2D eigenvalue weighted by atomic mass is 16.5. The van der Waals surface area contributed by atoms with E-state index in [1.165, 1.54) is 31.5 Å². The fourth-order valence-corrected chi connectivity index (χ4v) is 3.12. The zero-order valence-electron chi connectivity index (χ0n) is 16.5. The lowest BCUT2D eigenvalue weighted by Crippen LogP contribution is -2.26. The summed E-state index contributed by atoms with van der Waals surface area (Å²) >= 11 is 0. The molecule has 2 aromatic rings. The molecule has 2 N–H and O–H groups in total. The van der Waals surface area contributed by atoms with Gasteiger partial charge in [-0.05, 0) is 56.5 Å². The first-order valence-electron chi connectivity index (χ1n) is 9.86. The minimum Gasteiger partial charge on any atom is -0.464 e. The van der Waals surface area contributed by atoms with Gasteiger partial charge >= 0.3 is 6.01 Å². The standard InChI is InChI=1S/C20H30N6O/c1-4-27-20-24-18(21-10-13-26-11-5-6-12-26)23-19(25-20)22-17-9-7-8-16(14-17)15(2)3/h7-9,14-15H,4-6,10-13H2,1-3H3,(H2,21,22,23,24,25). The average molecular weight is 371 g/mol. The van der Waals surface area contributed by atoms with E-state index in [0.717, 1.165) is 18.8 Å². The molecule has 1 aromatic carbocycles. The van der Waals surface area contributed by atoms with Crippen LogP contribution in [0.3, 0.4) is 0 Å². The van der Waals surface area contributed by atoms with Crippen LogP contribution in [0.25, 0.3) is 0 Å². The van der Waals surface area contributed by atoms with Gasteiger partial charge in [-0.2, -0.15) is 15.0 Å². The van der Waals surface area contributed by atoms with E-state index in [-0.39, 0.29) is 0 Å². The summed E-state index contributed by atoms with van der Waals surface area (Å²) < 4.78 is 5.51. The van der Waals surface area contributed by atoms with Crippen LogP contribution in [0.15, 0.2) is 24.3 Å². The molecule has 3 rings (SSSR count). The van der Waals surface area contributed by atoms with E-state index in [1.807, 2.05) is 19.1 Å². The number of likely N-dealkylation sites (tertiary alicyclic amines) is 1. The number of nitrogens with one attached hydrogen (secondary N) is 2. The van der Waals surface area contributed by atoms with Crippen LogP contribution in [0.5, 0.6) is 6.01 Å². The highest BCUT2D eigenvalue weighted by Crippen LogP contribution is 2.21. The molecular formula is C20H30N6O. The normalized spacial score (nSPS) is 14.5. The molecule has 1 aromatic heterocycles. The van der Waals surface area contributed by atoms with E-state index in [2.05, 4.69) is 56.5 Å². The zero-order valence-corrected chi connectivity index (χ0v) is 16.5. The molecule has 0 amide bonds. The number of ether oxygens (including phenoxy) is 1. The van der Waals surface area contributed by atoms with Crippen LogP contribution in [0.1, 0.15) is 45.1 Å². The van der Waals surface area contributed by atoms with Crippen molar-refractivity contribution < 1.29 is 4.74 Å². The Morgan fingerprint density at radius 2 is 1.89 bits per heavy atom. The number of nitrogens with zero attached hydrogens (tertiary/aromatic N) is 4. The Bertz CT molecular complexity index is 730. The van der Waals surface area contributed by atoms with Gasteiger partial charge in [0, 0.05) is 18.8 Å². The van der Waals surface area contributed by atoms with Gasteiger partial charge < -0.3 is 20.3 Å². The molecule has 0 unspecified atom stereocenters. The van der Waals surface area contributed by atoms with E-state index in [9.17, 15) is 0 Å². The SMILES string of the molecule is CCOc1nc(NCCN2CCCC2)nc(Nc2cccc(C(C)C)c2)n1. The number of anilines is 3. The third-order valence-electron chi connectivity index (χ3n) is 4.61. The summed E-state index contributed by atoms with van der Waals surface area (Å²) in [5.74, 6) is 1.49. The highest BCUT2D eigenvalue weighted by molar-refractivity contribution is 5.55. The quantitative estimate of drug-likeness (QED) is 0.698. The van der Waals surface area contributed by atoms with E-state index < -0.39 is 0 Å². The maximum absolute atomic E-state index is 5.51. The van der Waals surface area contributed by atoms with E-state index in [1.54, 1.807) is 0 Å². The van der Waals surface area contributed by atoms with Crippen molar-refractivity contribution in [1.29, 1.82) is 0 Å². The molecule has 1 saturated heterocycles. The molecule has 0 saturated carbocycles. The topological polar surface area (TPSA) is 75.2 Å². The Labute approximate surface area is 161 Å². The first kappa shape index (κ1) is 19.4. The third kappa shape index (κ3) is 5.79. The fourth-order valence-electron chi connectivity index (χ4n) is 3.12. The molecule has 1 fully saturated rings. The smallest absolute Gasteiger partial charge is 0.323 e. The Kier molecular flexibility index (Phi) is 6.81. The largest absolute Gasteiger partial charge is 0.464 e. The van der Waals surface area contributed by atoms with Gasteiger partial charge in [0.2, 0.25) is 11.9 Å². The van der Waals surface area contributed by atoms with Gasteiger partial charge in [0.25, 0.3) is 0 Å². The van der Waals surface area contributed by atoms with Crippen LogP contribution >= 0.6 is 0 Å². The Balaban J connectivity index is 1.69. The highest BCUT2D eigenvalue weighted by Gasteiger charge is 2.12. The van der Waals surface area contributed by atoms with Crippen LogP contribution in [0, 0.1) is 0 Å². The van der Waals surface area contributed by atoms with Crippen LogP contribution in [-0.2, 0) is 0 Å². The molecule has 0 bridgehead atoms. The molecule has 1 aliphatic rings. The molecular weight excluding hydrogens is 340 g/mol. The van der Waals surface area contributed by atoms with Crippen molar-refractivity contribution in [3.63, 3.8) is 0 Å². The first-order valence-corrected chi connectivity index (χ1v) is 9.86. The van der Waals surface area contributed by atoms with Crippen molar-refractivity contribution in [2.24, 2.45) is 0 Å². The molecule has 27 heavy (non-hydrogen) atoms. The number of hydrogen-bond donors (Lipinski definition) is 2. The number of aromatic nitrogens is 3. The summed E-state index contributed by atoms with van der Waals surface area (Å²) in [6, 6.07) is 8.63. The Morgan fingerprint density at radius 3 is 2.63 bits per heavy atom. The van der Waals surface area contributed by atoms with Crippen molar-refractivity contribution in [1.82, 2.24) is 19.9 Å². The number of benzene rings is 1. The summed E-state index contributed by atoms with van der Waals surface area (Å²) in [4.78, 5) is 15.7. The van der Waals surface area contributed by atoms with E-state index in [4.69, 9.17) is 4.74 Å². The van der Waals surface area contributed by atoms with Gasteiger partial charge in [0.1, 0.15) is 0 Å². The van der Waals surface area contributed by atoms with Crippen molar-refractivity contribution in [2.75, 3.05) is 43.4 Å². The average Bonchev–Trinajstić information content (AvgIpc) is 3.15. The lowest BCUT2D eigenvalue weighted by Gasteiger charge is -2.15. The van der Waals surface area contributed by atoms with Gasteiger partial charge in [-0.25, -0.2) is 0 Å². The molecule has 0 radical (unpaired) electrons. The zero-order chi connectivity index (χ0) is 19.1. The van der Waals surface area contributed by atoms with Gasteiger partial charge in [-0.1, -0.05) is 26.0 Å². The lowest BCUT2D eigenvalue weighted by atomic mass is 10.0. The third-order valence-corrected chi connectivity index (χ3v) is 4.61. The van der Waals surface area contributed by atoms with Crippen LogP contribution in [0.2, 0.25) is 0 Å². The predicted molar refractivity (Wildman–Crippen MR) is 109 cm³/mol. The maximum atomic E-state index is 5.51.